The van der Waals surface area contributed by atoms with Crippen molar-refractivity contribution in [2.75, 3.05) is 12.5 Å². The van der Waals surface area contributed by atoms with Crippen LogP contribution in [0.5, 0.6) is 0 Å². The number of halogens is 2. The number of nitrogens with two attached hydrogens (primary N) is 1. The molecule has 0 bridgehead atoms. The number of hydrogen-bond donors (Lipinski definition) is 3. The molecule has 2 aromatic heterocycles. The first kappa shape index (κ1) is 22.4. The van der Waals surface area contributed by atoms with Gasteiger partial charge in [-0.15, -0.1) is 0 Å². The Balaban J connectivity index is 0.000000941. The average molecular weight is 417 g/mol. The van der Waals surface area contributed by atoms with Crippen LogP contribution in [0.2, 0.25) is 0 Å². The number of imidazole rings is 1. The van der Waals surface area contributed by atoms with E-state index in [4.69, 9.17) is 11.1 Å². The molecule has 1 aromatic carbocycles. The Morgan fingerprint density at radius 1 is 1.21 bits per heavy atom. The van der Waals surface area contributed by atoms with Gasteiger partial charge in [0.25, 0.3) is 6.43 Å². The first-order chi connectivity index (χ1) is 14.0. The van der Waals surface area contributed by atoms with E-state index in [1.165, 1.54) is 12.4 Å². The number of alkyl halides is 2. The van der Waals surface area contributed by atoms with Crippen LogP contribution in [-0.2, 0) is 6.54 Å². The maximum Gasteiger partial charge on any atom is 0.279 e. The van der Waals surface area contributed by atoms with E-state index in [9.17, 15) is 8.78 Å². The Hall–Kier alpha value is -2.91. The van der Waals surface area contributed by atoms with Gasteiger partial charge in [-0.25, -0.2) is 23.7 Å². The summed E-state index contributed by atoms with van der Waals surface area (Å²) >= 11 is 1.75. The summed E-state index contributed by atoms with van der Waals surface area (Å²) in [4.78, 5) is 15.6. The van der Waals surface area contributed by atoms with Crippen LogP contribution >= 0.6 is 11.8 Å². The topological polar surface area (TPSA) is 104 Å². The number of thioether (sulfide) groups is 1. The van der Waals surface area contributed by atoms with E-state index in [0.29, 0.717) is 23.8 Å². The maximum absolute atomic E-state index is 12.3. The van der Waals surface area contributed by atoms with Crippen LogP contribution in [0.25, 0.3) is 28.7 Å². The zero-order chi connectivity index (χ0) is 21.2. The van der Waals surface area contributed by atoms with Gasteiger partial charge in [0.15, 0.2) is 0 Å². The van der Waals surface area contributed by atoms with Crippen LogP contribution in [-0.4, -0.2) is 44.6 Å². The monoisotopic (exact) mass is 416 g/mol. The highest BCUT2D eigenvalue weighted by molar-refractivity contribution is 7.97. The third kappa shape index (κ3) is 6.58. The molecule has 9 heteroatoms. The first-order valence-corrected chi connectivity index (χ1v) is 10.2. The van der Waals surface area contributed by atoms with E-state index < -0.39 is 12.1 Å². The van der Waals surface area contributed by atoms with Crippen molar-refractivity contribution in [3.63, 3.8) is 0 Å². The molecule has 0 aliphatic heterocycles. The van der Waals surface area contributed by atoms with E-state index >= 15 is 0 Å². The summed E-state index contributed by atoms with van der Waals surface area (Å²) in [5, 5.41) is 7.11. The second-order valence-corrected chi connectivity index (χ2v) is 6.69. The van der Waals surface area contributed by atoms with Gasteiger partial charge < -0.3 is 10.7 Å². The third-order valence-corrected chi connectivity index (χ3v) is 3.65. The van der Waals surface area contributed by atoms with Crippen LogP contribution < -0.4 is 5.73 Å². The Morgan fingerprint density at radius 3 is 2.62 bits per heavy atom. The summed E-state index contributed by atoms with van der Waals surface area (Å²) in [7, 11) is 0. The summed E-state index contributed by atoms with van der Waals surface area (Å²) < 4.78 is 24.7. The molecule has 3 aromatic rings. The lowest BCUT2D eigenvalue weighted by Crippen LogP contribution is -2.03. The molecular weight excluding hydrogens is 394 g/mol. The molecule has 6 nitrogen and oxygen atoms in total. The molecular formula is C20H22F2N6S. The number of nitrogens with zero attached hydrogens (tertiary/aromatic N) is 3. The molecule has 0 aliphatic carbocycles. The van der Waals surface area contributed by atoms with Crippen molar-refractivity contribution in [2.45, 2.75) is 13.0 Å². The van der Waals surface area contributed by atoms with Gasteiger partial charge in [0.2, 0.25) is 0 Å². The molecule has 0 fully saturated rings. The van der Waals surface area contributed by atoms with Crippen molar-refractivity contribution < 1.29 is 8.78 Å². The molecule has 0 saturated carbocycles. The first-order valence-electron chi connectivity index (χ1n) is 8.60. The van der Waals surface area contributed by atoms with Gasteiger partial charge in [0.05, 0.1) is 29.0 Å². The van der Waals surface area contributed by atoms with E-state index in [0.717, 1.165) is 22.9 Å². The number of nitrogens with one attached hydrogen (secondary N) is 2. The number of benzene rings is 1. The van der Waals surface area contributed by atoms with Gasteiger partial charge in [0, 0.05) is 12.1 Å². The molecule has 0 unspecified atom stereocenters. The average Bonchev–Trinajstić information content (AvgIpc) is 3.22. The zero-order valence-corrected chi connectivity index (χ0v) is 16.9. The molecule has 0 spiro atoms. The Morgan fingerprint density at radius 2 is 1.93 bits per heavy atom. The lowest BCUT2D eigenvalue weighted by atomic mass is 10.1. The summed E-state index contributed by atoms with van der Waals surface area (Å²) in [5.74, 6) is 0.357. The van der Waals surface area contributed by atoms with Gasteiger partial charge >= 0.3 is 0 Å². The summed E-state index contributed by atoms with van der Waals surface area (Å²) in [6, 6.07) is 9.55. The SMILES string of the molecule is CSC.N=C(/C=C\c1ncc(-c2cc(-c3cccc(CN)c3)ncn2)[nH]1)C(F)F. The summed E-state index contributed by atoms with van der Waals surface area (Å²) in [5.41, 5.74) is 8.78. The van der Waals surface area contributed by atoms with Crippen molar-refractivity contribution >= 4 is 23.5 Å². The van der Waals surface area contributed by atoms with Crippen molar-refractivity contribution in [1.82, 2.24) is 19.9 Å². The summed E-state index contributed by atoms with van der Waals surface area (Å²) in [6.45, 7) is 0.440. The molecule has 0 atom stereocenters. The fourth-order valence-corrected chi connectivity index (χ4v) is 2.31. The lowest BCUT2D eigenvalue weighted by Gasteiger charge is -2.04. The standard InChI is InChI=1S/C18H16F2N6.C2H6S/c19-18(20)13(22)4-5-17-23-9-16(26-17)15-7-14(24-10-25-15)12-3-1-2-11(6-12)8-21;1-3-2/h1-7,9-10,18,22H,8,21H2,(H,23,26);1-2H3/b5-4-,22-13?;. The zero-order valence-electron chi connectivity index (χ0n) is 16.1. The Labute approximate surface area is 172 Å². The van der Waals surface area contributed by atoms with Crippen molar-refractivity contribution in [3.05, 3.63) is 60.3 Å². The van der Waals surface area contributed by atoms with Gasteiger partial charge in [-0.1, -0.05) is 18.2 Å². The lowest BCUT2D eigenvalue weighted by molar-refractivity contribution is 0.226. The largest absolute Gasteiger partial charge is 0.337 e. The number of aromatic nitrogens is 4. The van der Waals surface area contributed by atoms with Gasteiger partial charge in [-0.3, -0.25) is 5.41 Å². The van der Waals surface area contributed by atoms with Crippen LogP contribution in [0.1, 0.15) is 11.4 Å². The minimum absolute atomic E-state index is 0.357. The van der Waals surface area contributed by atoms with Crippen LogP contribution in [0.4, 0.5) is 8.78 Å². The fourth-order valence-electron chi connectivity index (χ4n) is 2.31. The third-order valence-electron chi connectivity index (χ3n) is 3.65. The van der Waals surface area contributed by atoms with Crippen molar-refractivity contribution in [1.29, 1.82) is 5.41 Å². The predicted octanol–water partition coefficient (Wildman–Crippen LogP) is 4.27. The molecule has 0 aliphatic rings. The normalized spacial score (nSPS) is 10.8. The maximum atomic E-state index is 12.3. The highest BCUT2D eigenvalue weighted by atomic mass is 32.2. The number of H-pyrrole nitrogens is 1. The molecule has 2 heterocycles. The highest BCUT2D eigenvalue weighted by Crippen LogP contribution is 2.22. The van der Waals surface area contributed by atoms with Crippen molar-refractivity contribution in [3.8, 4) is 22.6 Å². The Kier molecular flexibility index (Phi) is 8.63. The van der Waals surface area contributed by atoms with Gasteiger partial charge in [0.1, 0.15) is 12.2 Å². The molecule has 3 rings (SSSR count). The predicted molar refractivity (Wildman–Crippen MR) is 115 cm³/mol. The molecule has 0 saturated heterocycles. The quantitative estimate of drug-likeness (QED) is 0.521. The molecule has 152 valence electrons. The molecule has 4 N–H and O–H groups in total. The number of allylic oxidation sites excluding steroid dienone is 1. The van der Waals surface area contributed by atoms with Crippen molar-refractivity contribution in [2.24, 2.45) is 5.73 Å². The number of hydrogen-bond acceptors (Lipinski definition) is 6. The van der Waals surface area contributed by atoms with Crippen LogP contribution in [0.15, 0.2) is 48.9 Å². The van der Waals surface area contributed by atoms with Crippen LogP contribution in [0.3, 0.4) is 0 Å². The van der Waals surface area contributed by atoms with E-state index in [1.54, 1.807) is 24.0 Å². The highest BCUT2D eigenvalue weighted by Gasteiger charge is 2.09. The second kappa shape index (κ2) is 11.2. The minimum Gasteiger partial charge on any atom is -0.337 e. The number of aromatic amines is 1. The van der Waals surface area contributed by atoms with Gasteiger partial charge in [-0.05, 0) is 42.4 Å². The fraction of sp³-hybridized carbons (Fsp3) is 0.200. The minimum atomic E-state index is -2.81. The molecule has 29 heavy (non-hydrogen) atoms. The summed E-state index contributed by atoms with van der Waals surface area (Å²) in [6.07, 6.45) is 6.60. The van der Waals surface area contributed by atoms with Gasteiger partial charge in [-0.2, -0.15) is 11.8 Å². The van der Waals surface area contributed by atoms with E-state index in [-0.39, 0.29) is 0 Å². The Bertz CT molecular complexity index is 971. The molecule has 0 amide bonds. The van der Waals surface area contributed by atoms with Crippen LogP contribution in [0, 0.1) is 5.41 Å². The second-order valence-electron chi connectivity index (χ2n) is 5.87. The smallest absolute Gasteiger partial charge is 0.279 e. The van der Waals surface area contributed by atoms with E-state index in [1.807, 2.05) is 36.8 Å². The molecule has 0 radical (unpaired) electrons. The number of rotatable bonds is 6. The van der Waals surface area contributed by atoms with E-state index in [2.05, 4.69) is 19.9 Å².